The Labute approximate surface area is 111 Å². The van der Waals surface area contributed by atoms with Crippen LogP contribution < -0.4 is 5.32 Å². The molecule has 0 aromatic heterocycles. The van der Waals surface area contributed by atoms with Crippen LogP contribution in [0, 0.1) is 0 Å². The molecule has 2 aliphatic heterocycles. The summed E-state index contributed by atoms with van der Waals surface area (Å²) in [6.07, 6.45) is 0. The van der Waals surface area contributed by atoms with Gasteiger partial charge in [-0.25, -0.2) is 0 Å². The minimum absolute atomic E-state index is 0.00194. The van der Waals surface area contributed by atoms with Gasteiger partial charge in [-0.15, -0.1) is 0 Å². The lowest BCUT2D eigenvalue weighted by atomic mass is 10.3. The third-order valence-electron chi connectivity index (χ3n) is 2.84. The molecule has 2 rings (SSSR count). The molecule has 0 aliphatic carbocycles. The monoisotopic (exact) mass is 270 g/mol. The molecule has 106 valence electrons. The maximum absolute atomic E-state index is 10.9. The largest absolute Gasteiger partial charge is 0.345 e. The molecular weight excluding hydrogens is 252 g/mol. The minimum atomic E-state index is -0.0860. The summed E-state index contributed by atoms with van der Waals surface area (Å²) in [6, 6.07) is 0. The van der Waals surface area contributed by atoms with Gasteiger partial charge in [-0.1, -0.05) is 0 Å². The fourth-order valence-electron chi connectivity index (χ4n) is 1.49. The number of piperazine rings is 2. The van der Waals surface area contributed by atoms with Crippen molar-refractivity contribution in [2.75, 3.05) is 47.3 Å². The zero-order valence-corrected chi connectivity index (χ0v) is 11.3. The number of likely N-dealkylation sites (N-methyl/N-ethyl adjacent to an activating group) is 3. The number of hydrogen-bond donors (Lipinski definition) is 1. The van der Waals surface area contributed by atoms with Crippen LogP contribution >= 0.6 is 0 Å². The predicted octanol–water partition coefficient (Wildman–Crippen LogP) is -2.51. The third kappa shape index (κ3) is 4.23. The highest BCUT2D eigenvalue weighted by Crippen LogP contribution is 1.98. The number of nitrogens with zero attached hydrogens (tertiary/aromatic N) is 3. The number of carbonyl (C=O) groups is 4. The first-order valence-electron chi connectivity index (χ1n) is 5.80. The van der Waals surface area contributed by atoms with E-state index in [-0.39, 0.29) is 49.8 Å². The molecule has 0 radical (unpaired) electrons. The maximum atomic E-state index is 10.9. The molecule has 19 heavy (non-hydrogen) atoms. The lowest BCUT2D eigenvalue weighted by Crippen LogP contribution is -2.50. The van der Waals surface area contributed by atoms with Crippen LogP contribution in [0.25, 0.3) is 0 Å². The molecule has 1 N–H and O–H groups in total. The van der Waals surface area contributed by atoms with Crippen molar-refractivity contribution in [3.8, 4) is 0 Å². The Bertz CT molecular complexity index is 389. The Morgan fingerprint density at radius 3 is 1.53 bits per heavy atom. The van der Waals surface area contributed by atoms with Gasteiger partial charge in [0.1, 0.15) is 0 Å². The lowest BCUT2D eigenvalue weighted by Gasteiger charge is -2.28. The summed E-state index contributed by atoms with van der Waals surface area (Å²) in [5, 5.41) is 2.43. The normalized spacial score (nSPS) is 20.1. The smallest absolute Gasteiger partial charge is 0.242 e. The molecule has 0 saturated carbocycles. The first kappa shape index (κ1) is 14.9. The second-order valence-electron chi connectivity index (χ2n) is 4.53. The van der Waals surface area contributed by atoms with Crippen molar-refractivity contribution in [1.29, 1.82) is 0 Å². The van der Waals surface area contributed by atoms with E-state index in [2.05, 4.69) is 5.32 Å². The predicted molar refractivity (Wildman–Crippen MR) is 65.9 cm³/mol. The standard InChI is InChI=1S/C6H10N2O2.C5H8N2O2/c1-7-3-6(10)8(2)4-5(7)9;1-7-3-4(8)6-2-5(7)9/h3-4H2,1-2H3;2-3H2,1H3,(H,6,8). The van der Waals surface area contributed by atoms with Gasteiger partial charge in [0.2, 0.25) is 23.6 Å². The van der Waals surface area contributed by atoms with E-state index in [0.717, 1.165) is 0 Å². The van der Waals surface area contributed by atoms with E-state index < -0.39 is 0 Å². The second kappa shape index (κ2) is 6.17. The second-order valence-corrected chi connectivity index (χ2v) is 4.53. The number of nitrogens with one attached hydrogen (secondary N) is 1. The van der Waals surface area contributed by atoms with E-state index in [9.17, 15) is 19.2 Å². The summed E-state index contributed by atoms with van der Waals surface area (Å²) in [4.78, 5) is 47.2. The molecule has 0 atom stereocenters. The summed E-state index contributed by atoms with van der Waals surface area (Å²) in [5.74, 6) is -0.115. The molecule has 8 heteroatoms. The van der Waals surface area contributed by atoms with Crippen molar-refractivity contribution < 1.29 is 19.2 Å². The molecule has 0 bridgehead atoms. The maximum Gasteiger partial charge on any atom is 0.242 e. The van der Waals surface area contributed by atoms with Gasteiger partial charge in [0.15, 0.2) is 0 Å². The van der Waals surface area contributed by atoms with Gasteiger partial charge < -0.3 is 20.0 Å². The molecule has 2 heterocycles. The van der Waals surface area contributed by atoms with Crippen LogP contribution in [0.4, 0.5) is 0 Å². The third-order valence-corrected chi connectivity index (χ3v) is 2.84. The number of hydrogen-bond acceptors (Lipinski definition) is 4. The highest BCUT2D eigenvalue weighted by atomic mass is 16.2. The number of carbonyl (C=O) groups excluding carboxylic acids is 4. The molecule has 0 aromatic rings. The van der Waals surface area contributed by atoms with Gasteiger partial charge in [0.25, 0.3) is 0 Å². The van der Waals surface area contributed by atoms with Crippen molar-refractivity contribution in [3.05, 3.63) is 0 Å². The Kier molecular flexibility index (Phi) is 4.85. The summed E-state index contributed by atoms with van der Waals surface area (Å²) >= 11 is 0. The zero-order chi connectivity index (χ0) is 14.6. The van der Waals surface area contributed by atoms with E-state index in [1.807, 2.05) is 0 Å². The highest BCUT2D eigenvalue weighted by Gasteiger charge is 2.23. The summed E-state index contributed by atoms with van der Waals surface area (Å²) in [7, 11) is 4.88. The van der Waals surface area contributed by atoms with E-state index in [1.54, 1.807) is 21.1 Å². The van der Waals surface area contributed by atoms with Crippen molar-refractivity contribution >= 4 is 23.6 Å². The average Bonchev–Trinajstić information content (AvgIpc) is 2.33. The first-order valence-corrected chi connectivity index (χ1v) is 5.80. The van der Waals surface area contributed by atoms with E-state index in [1.165, 1.54) is 14.7 Å². The van der Waals surface area contributed by atoms with Gasteiger partial charge >= 0.3 is 0 Å². The Morgan fingerprint density at radius 1 is 0.737 bits per heavy atom. The average molecular weight is 270 g/mol. The van der Waals surface area contributed by atoms with Gasteiger partial charge in [-0.05, 0) is 0 Å². The van der Waals surface area contributed by atoms with Gasteiger partial charge in [-0.3, -0.25) is 19.2 Å². The summed E-state index contributed by atoms with van der Waals surface area (Å²) in [5.41, 5.74) is 0. The Balaban J connectivity index is 0.000000191. The fourth-order valence-corrected chi connectivity index (χ4v) is 1.49. The zero-order valence-electron chi connectivity index (χ0n) is 11.3. The van der Waals surface area contributed by atoms with Crippen LogP contribution in [0.5, 0.6) is 0 Å². The first-order chi connectivity index (χ1) is 8.81. The number of rotatable bonds is 0. The van der Waals surface area contributed by atoms with Gasteiger partial charge in [0.05, 0.1) is 26.2 Å². The Hall–Kier alpha value is -2.12. The molecule has 0 aromatic carbocycles. The fraction of sp³-hybridized carbons (Fsp3) is 0.636. The lowest BCUT2D eigenvalue weighted by molar-refractivity contribution is -0.147. The van der Waals surface area contributed by atoms with Crippen LogP contribution in [0.2, 0.25) is 0 Å². The van der Waals surface area contributed by atoms with Crippen LogP contribution in [-0.4, -0.2) is 85.7 Å². The number of amides is 4. The van der Waals surface area contributed by atoms with Crippen LogP contribution in [0.3, 0.4) is 0 Å². The van der Waals surface area contributed by atoms with Gasteiger partial charge in [0, 0.05) is 21.1 Å². The minimum Gasteiger partial charge on any atom is -0.345 e. The van der Waals surface area contributed by atoms with Crippen LogP contribution in [-0.2, 0) is 19.2 Å². The van der Waals surface area contributed by atoms with Crippen molar-refractivity contribution in [2.24, 2.45) is 0 Å². The quantitative estimate of drug-likeness (QED) is 0.526. The summed E-state index contributed by atoms with van der Waals surface area (Å²) < 4.78 is 0. The van der Waals surface area contributed by atoms with Gasteiger partial charge in [-0.2, -0.15) is 0 Å². The molecule has 0 unspecified atom stereocenters. The molecular formula is C11H18N4O4. The van der Waals surface area contributed by atoms with Crippen molar-refractivity contribution in [3.63, 3.8) is 0 Å². The van der Waals surface area contributed by atoms with E-state index in [0.29, 0.717) is 0 Å². The molecule has 0 spiro atoms. The molecule has 2 fully saturated rings. The molecule has 8 nitrogen and oxygen atoms in total. The molecule has 2 saturated heterocycles. The van der Waals surface area contributed by atoms with Crippen molar-refractivity contribution in [2.45, 2.75) is 0 Å². The van der Waals surface area contributed by atoms with E-state index >= 15 is 0 Å². The summed E-state index contributed by atoms with van der Waals surface area (Å²) in [6.45, 7) is 0.777. The van der Waals surface area contributed by atoms with Crippen LogP contribution in [0.15, 0.2) is 0 Å². The molecule has 4 amide bonds. The van der Waals surface area contributed by atoms with Crippen molar-refractivity contribution in [1.82, 2.24) is 20.0 Å². The SMILES string of the molecule is CN1CC(=O)N(C)CC1=O.CN1CC(=O)NCC1=O. The Morgan fingerprint density at radius 2 is 1.16 bits per heavy atom. The molecule has 2 aliphatic rings. The van der Waals surface area contributed by atoms with E-state index in [4.69, 9.17) is 0 Å². The topological polar surface area (TPSA) is 90.0 Å². The highest BCUT2D eigenvalue weighted by molar-refractivity contribution is 5.92. The van der Waals surface area contributed by atoms with Crippen LogP contribution in [0.1, 0.15) is 0 Å².